The molecule has 0 spiro atoms. The zero-order valence-corrected chi connectivity index (χ0v) is 14.0. The number of hydrogen-bond donors (Lipinski definition) is 1. The summed E-state index contributed by atoms with van der Waals surface area (Å²) in [6.45, 7) is 2.52. The molecule has 5 heteroatoms. The number of para-hydroxylation sites is 1. The molecule has 4 nitrogen and oxygen atoms in total. The Labute approximate surface area is 145 Å². The first-order valence-electron chi connectivity index (χ1n) is 8.40. The minimum absolute atomic E-state index is 0.270. The number of rotatable bonds is 6. The fraction of sp³-hybridized carbons (Fsp3) is 0.300. The van der Waals surface area contributed by atoms with E-state index in [0.717, 1.165) is 12.8 Å². The van der Waals surface area contributed by atoms with E-state index in [4.69, 9.17) is 0 Å². The summed E-state index contributed by atoms with van der Waals surface area (Å²) in [5.74, 6) is -1.32. The minimum atomic E-state index is -1.88. The number of unbranched alkanes of at least 4 members (excludes halogenated alkanes) is 1. The first kappa shape index (κ1) is 17.3. The largest absolute Gasteiger partial charge is 0.375 e. The molecular formula is C20H20FNO3. The van der Waals surface area contributed by atoms with E-state index in [1.165, 1.54) is 24.3 Å². The summed E-state index contributed by atoms with van der Waals surface area (Å²) in [7, 11) is 0. The molecule has 0 saturated carbocycles. The molecule has 1 atom stereocenters. The van der Waals surface area contributed by atoms with Gasteiger partial charge in [-0.2, -0.15) is 0 Å². The van der Waals surface area contributed by atoms with Crippen molar-refractivity contribution in [3.63, 3.8) is 0 Å². The molecule has 1 amide bonds. The Morgan fingerprint density at radius 3 is 2.52 bits per heavy atom. The quantitative estimate of drug-likeness (QED) is 0.819. The Hall–Kier alpha value is -2.53. The fourth-order valence-corrected chi connectivity index (χ4v) is 3.19. The van der Waals surface area contributed by atoms with E-state index < -0.39 is 23.1 Å². The Bertz CT molecular complexity index is 803. The third kappa shape index (κ3) is 3.07. The van der Waals surface area contributed by atoms with E-state index in [2.05, 4.69) is 0 Å². The number of Topliss-reactive ketones (excluding diaryl/α,β-unsaturated/α-hetero) is 1. The number of hydrogen-bond acceptors (Lipinski definition) is 3. The Morgan fingerprint density at radius 1 is 1.16 bits per heavy atom. The van der Waals surface area contributed by atoms with Crippen LogP contribution in [-0.2, 0) is 10.4 Å². The summed E-state index contributed by atoms with van der Waals surface area (Å²) in [4.78, 5) is 27.0. The molecule has 1 N–H and O–H groups in total. The van der Waals surface area contributed by atoms with E-state index >= 15 is 0 Å². The van der Waals surface area contributed by atoms with Gasteiger partial charge in [-0.15, -0.1) is 0 Å². The molecule has 1 aliphatic rings. The maximum absolute atomic E-state index is 13.0. The van der Waals surface area contributed by atoms with Gasteiger partial charge in [-0.25, -0.2) is 4.39 Å². The average molecular weight is 341 g/mol. The lowest BCUT2D eigenvalue weighted by molar-refractivity contribution is -0.135. The SMILES string of the molecule is CCCCN1C(=O)[C@](O)(CC(=O)c2ccc(F)cc2)c2ccccc21. The highest BCUT2D eigenvalue weighted by atomic mass is 19.1. The zero-order valence-electron chi connectivity index (χ0n) is 14.0. The third-order valence-electron chi connectivity index (χ3n) is 4.56. The summed E-state index contributed by atoms with van der Waals surface area (Å²) in [5.41, 5.74) is -0.510. The van der Waals surface area contributed by atoms with Crippen LogP contribution in [-0.4, -0.2) is 23.3 Å². The summed E-state index contributed by atoms with van der Waals surface area (Å²) >= 11 is 0. The van der Waals surface area contributed by atoms with E-state index in [1.807, 2.05) is 6.92 Å². The average Bonchev–Trinajstić information content (AvgIpc) is 2.82. The Kier molecular flexibility index (Phi) is 4.68. The van der Waals surface area contributed by atoms with Gasteiger partial charge in [0, 0.05) is 17.7 Å². The van der Waals surface area contributed by atoms with Crippen LogP contribution < -0.4 is 4.90 Å². The van der Waals surface area contributed by atoms with Gasteiger partial charge in [-0.3, -0.25) is 9.59 Å². The summed E-state index contributed by atoms with van der Waals surface area (Å²) in [5, 5.41) is 11.1. The molecule has 3 rings (SSSR count). The number of fused-ring (bicyclic) bond motifs is 1. The number of benzene rings is 2. The predicted octanol–water partition coefficient (Wildman–Crippen LogP) is 3.43. The molecule has 25 heavy (non-hydrogen) atoms. The van der Waals surface area contributed by atoms with Crippen molar-refractivity contribution >= 4 is 17.4 Å². The van der Waals surface area contributed by atoms with Crippen LogP contribution in [0.4, 0.5) is 10.1 Å². The van der Waals surface area contributed by atoms with Crippen LogP contribution in [0.2, 0.25) is 0 Å². The first-order valence-corrected chi connectivity index (χ1v) is 8.40. The van der Waals surface area contributed by atoms with Crippen LogP contribution in [0.3, 0.4) is 0 Å². The minimum Gasteiger partial charge on any atom is -0.375 e. The maximum Gasteiger partial charge on any atom is 0.264 e. The Balaban J connectivity index is 1.92. The van der Waals surface area contributed by atoms with Gasteiger partial charge in [0.25, 0.3) is 5.91 Å². The van der Waals surface area contributed by atoms with Crippen LogP contribution in [0, 0.1) is 5.82 Å². The van der Waals surface area contributed by atoms with Crippen LogP contribution in [0.25, 0.3) is 0 Å². The molecule has 2 aromatic rings. The van der Waals surface area contributed by atoms with Gasteiger partial charge in [0.05, 0.1) is 12.1 Å². The van der Waals surface area contributed by atoms with Crippen LogP contribution in [0.5, 0.6) is 0 Å². The third-order valence-corrected chi connectivity index (χ3v) is 4.56. The number of carbonyl (C=O) groups is 2. The molecule has 0 bridgehead atoms. The van der Waals surface area contributed by atoms with Crippen molar-refractivity contribution in [2.24, 2.45) is 0 Å². The normalized spacial score (nSPS) is 19.2. The fourth-order valence-electron chi connectivity index (χ4n) is 3.19. The molecule has 0 aromatic heterocycles. The van der Waals surface area contributed by atoms with Crippen molar-refractivity contribution in [1.29, 1.82) is 0 Å². The number of halogens is 1. The second kappa shape index (κ2) is 6.76. The molecule has 0 saturated heterocycles. The van der Waals surface area contributed by atoms with Gasteiger partial charge in [0.1, 0.15) is 5.82 Å². The highest BCUT2D eigenvalue weighted by molar-refractivity contribution is 6.10. The molecule has 0 fully saturated rings. The van der Waals surface area contributed by atoms with E-state index in [1.54, 1.807) is 29.2 Å². The number of nitrogens with zero attached hydrogens (tertiary/aromatic N) is 1. The number of amides is 1. The lowest BCUT2D eigenvalue weighted by Crippen LogP contribution is -2.42. The standard InChI is InChI=1S/C20H20FNO3/c1-2-3-12-22-17-7-5-4-6-16(17)20(25,19(22)24)13-18(23)14-8-10-15(21)11-9-14/h4-11,25H,2-3,12-13H2,1H3/t20-/m0/s1. The van der Waals surface area contributed by atoms with Gasteiger partial charge in [0.2, 0.25) is 0 Å². The lowest BCUT2D eigenvalue weighted by atomic mass is 9.88. The Morgan fingerprint density at radius 2 is 1.84 bits per heavy atom. The topological polar surface area (TPSA) is 57.6 Å². The van der Waals surface area contributed by atoms with Gasteiger partial charge in [0.15, 0.2) is 11.4 Å². The highest BCUT2D eigenvalue weighted by Crippen LogP contribution is 2.42. The van der Waals surface area contributed by atoms with Crippen LogP contribution in [0.15, 0.2) is 48.5 Å². The number of ketones is 1. The lowest BCUT2D eigenvalue weighted by Gasteiger charge is -2.22. The molecule has 2 aromatic carbocycles. The molecule has 1 heterocycles. The summed E-state index contributed by atoms with van der Waals surface area (Å²) in [6.07, 6.45) is 1.36. The monoisotopic (exact) mass is 341 g/mol. The summed E-state index contributed by atoms with van der Waals surface area (Å²) < 4.78 is 13.0. The summed E-state index contributed by atoms with van der Waals surface area (Å²) in [6, 6.07) is 12.1. The maximum atomic E-state index is 13.0. The van der Waals surface area contributed by atoms with E-state index in [9.17, 15) is 19.1 Å². The molecule has 130 valence electrons. The van der Waals surface area contributed by atoms with Gasteiger partial charge in [-0.05, 0) is 36.8 Å². The molecule has 0 unspecified atom stereocenters. The van der Waals surface area contributed by atoms with Crippen molar-refractivity contribution in [2.75, 3.05) is 11.4 Å². The predicted molar refractivity (Wildman–Crippen MR) is 92.9 cm³/mol. The highest BCUT2D eigenvalue weighted by Gasteiger charge is 2.50. The number of aliphatic hydroxyl groups is 1. The van der Waals surface area contributed by atoms with Gasteiger partial charge in [-0.1, -0.05) is 31.5 Å². The number of anilines is 1. The van der Waals surface area contributed by atoms with Crippen molar-refractivity contribution in [3.05, 3.63) is 65.5 Å². The van der Waals surface area contributed by atoms with E-state index in [0.29, 0.717) is 17.8 Å². The first-order chi connectivity index (χ1) is 12.0. The van der Waals surface area contributed by atoms with Crippen molar-refractivity contribution in [3.8, 4) is 0 Å². The van der Waals surface area contributed by atoms with Gasteiger partial charge < -0.3 is 10.0 Å². The smallest absolute Gasteiger partial charge is 0.264 e. The van der Waals surface area contributed by atoms with Crippen LogP contribution >= 0.6 is 0 Å². The second-order valence-corrected chi connectivity index (χ2v) is 6.29. The van der Waals surface area contributed by atoms with Gasteiger partial charge >= 0.3 is 0 Å². The molecule has 0 aliphatic carbocycles. The molecular weight excluding hydrogens is 321 g/mol. The van der Waals surface area contributed by atoms with E-state index in [-0.39, 0.29) is 12.0 Å². The molecule has 1 aliphatic heterocycles. The second-order valence-electron chi connectivity index (χ2n) is 6.29. The number of carbonyl (C=O) groups excluding carboxylic acids is 2. The van der Waals surface area contributed by atoms with Crippen molar-refractivity contribution in [2.45, 2.75) is 31.8 Å². The van der Waals surface area contributed by atoms with Crippen molar-refractivity contribution < 1.29 is 19.1 Å². The zero-order chi connectivity index (χ0) is 18.0. The van der Waals surface area contributed by atoms with Crippen LogP contribution in [0.1, 0.15) is 42.1 Å². The molecule has 0 radical (unpaired) electrons. The van der Waals surface area contributed by atoms with Crippen molar-refractivity contribution in [1.82, 2.24) is 0 Å².